The summed E-state index contributed by atoms with van der Waals surface area (Å²) >= 11 is 0. The topological polar surface area (TPSA) is 66.0 Å². The van der Waals surface area contributed by atoms with Crippen LogP contribution in [-0.4, -0.2) is 23.4 Å². The summed E-state index contributed by atoms with van der Waals surface area (Å²) in [4.78, 5) is 6.53. The Morgan fingerprint density at radius 1 is 1.59 bits per heavy atom. The van der Waals surface area contributed by atoms with Gasteiger partial charge >= 0.3 is 0 Å². The molecule has 1 aromatic heterocycles. The molecule has 4 heteroatoms. The van der Waals surface area contributed by atoms with E-state index < -0.39 is 0 Å². The van der Waals surface area contributed by atoms with Crippen LogP contribution in [0.5, 0.6) is 0 Å². The van der Waals surface area contributed by atoms with Crippen LogP contribution in [0.4, 0.5) is 5.69 Å². The highest BCUT2D eigenvalue weighted by molar-refractivity contribution is 6.00. The van der Waals surface area contributed by atoms with E-state index in [9.17, 15) is 0 Å². The second-order valence-electron chi connectivity index (χ2n) is 4.95. The second kappa shape index (κ2) is 4.73. The number of pyridine rings is 1. The molecular weight excluding hydrogens is 212 g/mol. The highest BCUT2D eigenvalue weighted by Crippen LogP contribution is 2.31. The molecule has 0 amide bonds. The Balaban J connectivity index is 2.36. The Hall–Kier alpha value is -1.58. The van der Waals surface area contributed by atoms with Crippen LogP contribution >= 0.6 is 0 Å². The van der Waals surface area contributed by atoms with Gasteiger partial charge in [-0.05, 0) is 24.8 Å². The summed E-state index contributed by atoms with van der Waals surface area (Å²) in [5.41, 5.74) is 7.44. The van der Waals surface area contributed by atoms with Crippen molar-refractivity contribution >= 4 is 11.5 Å². The molecule has 3 N–H and O–H groups in total. The van der Waals surface area contributed by atoms with Crippen molar-refractivity contribution in [1.29, 1.82) is 5.41 Å². The average molecular weight is 232 g/mol. The SMILES string of the molecule is CC(C)C1CCCN1c1cnccc1C(=N)N. The molecule has 1 atom stereocenters. The molecule has 1 fully saturated rings. The number of nitrogens with one attached hydrogen (secondary N) is 1. The molecule has 2 rings (SSSR count). The summed E-state index contributed by atoms with van der Waals surface area (Å²) in [5.74, 6) is 0.731. The van der Waals surface area contributed by atoms with Crippen molar-refractivity contribution in [3.63, 3.8) is 0 Å². The Labute approximate surface area is 102 Å². The highest BCUT2D eigenvalue weighted by atomic mass is 15.2. The summed E-state index contributed by atoms with van der Waals surface area (Å²) in [6.07, 6.45) is 5.94. The standard InChI is InChI=1S/C13H20N4/c1-9(2)11-4-3-7-17(11)12-8-16-6-5-10(12)13(14)15/h5-6,8-9,11H,3-4,7H2,1-2H3,(H3,14,15). The van der Waals surface area contributed by atoms with Gasteiger partial charge in [0, 0.05) is 24.3 Å². The third-order valence-corrected chi connectivity index (χ3v) is 3.47. The van der Waals surface area contributed by atoms with E-state index in [0.29, 0.717) is 12.0 Å². The smallest absolute Gasteiger partial charge is 0.125 e. The molecule has 2 heterocycles. The molecule has 0 spiro atoms. The molecule has 0 aromatic carbocycles. The van der Waals surface area contributed by atoms with Crippen molar-refractivity contribution in [2.24, 2.45) is 11.7 Å². The lowest BCUT2D eigenvalue weighted by atomic mass is 10.0. The summed E-state index contributed by atoms with van der Waals surface area (Å²) in [7, 11) is 0. The zero-order chi connectivity index (χ0) is 12.4. The number of amidine groups is 1. The van der Waals surface area contributed by atoms with Crippen LogP contribution in [0.2, 0.25) is 0 Å². The van der Waals surface area contributed by atoms with Gasteiger partial charge in [-0.3, -0.25) is 10.4 Å². The maximum Gasteiger partial charge on any atom is 0.125 e. The lowest BCUT2D eigenvalue weighted by molar-refractivity contribution is 0.491. The Bertz CT molecular complexity index is 414. The minimum Gasteiger partial charge on any atom is -0.384 e. The third kappa shape index (κ3) is 2.25. The van der Waals surface area contributed by atoms with Crippen molar-refractivity contribution in [2.45, 2.75) is 32.7 Å². The fourth-order valence-electron chi connectivity index (χ4n) is 2.63. The maximum absolute atomic E-state index is 7.64. The monoisotopic (exact) mass is 232 g/mol. The van der Waals surface area contributed by atoms with Gasteiger partial charge < -0.3 is 10.6 Å². The highest BCUT2D eigenvalue weighted by Gasteiger charge is 2.29. The molecule has 1 aliphatic rings. The van der Waals surface area contributed by atoms with Crippen LogP contribution in [0.1, 0.15) is 32.3 Å². The molecule has 92 valence electrons. The fraction of sp³-hybridized carbons (Fsp3) is 0.538. The first-order valence-electron chi connectivity index (χ1n) is 6.16. The number of rotatable bonds is 3. The fourth-order valence-corrected chi connectivity index (χ4v) is 2.63. The molecule has 1 unspecified atom stereocenters. The first-order chi connectivity index (χ1) is 8.11. The second-order valence-corrected chi connectivity index (χ2v) is 4.95. The predicted molar refractivity (Wildman–Crippen MR) is 70.5 cm³/mol. The molecule has 0 bridgehead atoms. The molecule has 1 aliphatic heterocycles. The van der Waals surface area contributed by atoms with Gasteiger partial charge in [-0.2, -0.15) is 0 Å². The van der Waals surface area contributed by atoms with Crippen molar-refractivity contribution < 1.29 is 0 Å². The van der Waals surface area contributed by atoms with E-state index in [1.165, 1.54) is 12.8 Å². The number of nitrogen functional groups attached to an aromatic ring is 1. The molecule has 1 aromatic rings. The van der Waals surface area contributed by atoms with Crippen molar-refractivity contribution in [3.8, 4) is 0 Å². The zero-order valence-corrected chi connectivity index (χ0v) is 10.5. The lowest BCUT2D eigenvalue weighted by Gasteiger charge is -2.30. The Morgan fingerprint density at radius 3 is 3.00 bits per heavy atom. The largest absolute Gasteiger partial charge is 0.384 e. The summed E-state index contributed by atoms with van der Waals surface area (Å²) in [5, 5.41) is 7.64. The van der Waals surface area contributed by atoms with Crippen molar-refractivity contribution in [2.75, 3.05) is 11.4 Å². The van der Waals surface area contributed by atoms with E-state index in [1.54, 1.807) is 6.20 Å². The molecule has 0 saturated carbocycles. The van der Waals surface area contributed by atoms with Gasteiger partial charge in [-0.15, -0.1) is 0 Å². The van der Waals surface area contributed by atoms with Crippen LogP contribution in [-0.2, 0) is 0 Å². The Kier molecular flexibility index (Phi) is 3.31. The van der Waals surface area contributed by atoms with E-state index in [0.717, 1.165) is 17.8 Å². The molecule has 17 heavy (non-hydrogen) atoms. The predicted octanol–water partition coefficient (Wildman–Crippen LogP) is 1.99. The first kappa shape index (κ1) is 11.9. The van der Waals surface area contributed by atoms with Crippen LogP contribution < -0.4 is 10.6 Å². The van der Waals surface area contributed by atoms with Gasteiger partial charge in [-0.25, -0.2) is 0 Å². The number of nitrogens with zero attached hydrogens (tertiary/aromatic N) is 2. The zero-order valence-electron chi connectivity index (χ0n) is 10.5. The van der Waals surface area contributed by atoms with E-state index in [1.807, 2.05) is 12.3 Å². The number of hydrogen-bond donors (Lipinski definition) is 2. The van der Waals surface area contributed by atoms with Gasteiger partial charge in [0.25, 0.3) is 0 Å². The lowest BCUT2D eigenvalue weighted by Crippen LogP contribution is -2.35. The summed E-state index contributed by atoms with van der Waals surface area (Å²) in [6, 6.07) is 2.37. The van der Waals surface area contributed by atoms with Crippen LogP contribution in [0.25, 0.3) is 0 Å². The van der Waals surface area contributed by atoms with Gasteiger partial charge in [0.05, 0.1) is 11.9 Å². The first-order valence-corrected chi connectivity index (χ1v) is 6.16. The van der Waals surface area contributed by atoms with Crippen LogP contribution in [0, 0.1) is 11.3 Å². The average Bonchev–Trinajstić information content (AvgIpc) is 2.77. The van der Waals surface area contributed by atoms with Gasteiger partial charge in [-0.1, -0.05) is 13.8 Å². The van der Waals surface area contributed by atoms with Crippen molar-refractivity contribution in [3.05, 3.63) is 24.0 Å². The van der Waals surface area contributed by atoms with Gasteiger partial charge in [0.1, 0.15) is 5.84 Å². The van der Waals surface area contributed by atoms with Crippen LogP contribution in [0.3, 0.4) is 0 Å². The van der Waals surface area contributed by atoms with E-state index in [-0.39, 0.29) is 5.84 Å². The molecule has 0 aliphatic carbocycles. The number of nitrogens with two attached hydrogens (primary N) is 1. The summed E-state index contributed by atoms with van der Waals surface area (Å²) < 4.78 is 0. The van der Waals surface area contributed by atoms with Gasteiger partial charge in [0.15, 0.2) is 0 Å². The van der Waals surface area contributed by atoms with Gasteiger partial charge in [0.2, 0.25) is 0 Å². The molecule has 1 saturated heterocycles. The minimum atomic E-state index is 0.122. The van der Waals surface area contributed by atoms with E-state index in [2.05, 4.69) is 23.7 Å². The minimum absolute atomic E-state index is 0.122. The molecule has 0 radical (unpaired) electrons. The molecular formula is C13H20N4. The number of aromatic nitrogens is 1. The summed E-state index contributed by atoms with van der Waals surface area (Å²) in [6.45, 7) is 5.52. The van der Waals surface area contributed by atoms with Crippen molar-refractivity contribution in [1.82, 2.24) is 4.98 Å². The third-order valence-electron chi connectivity index (χ3n) is 3.47. The van der Waals surface area contributed by atoms with Crippen LogP contribution in [0.15, 0.2) is 18.5 Å². The molecule has 4 nitrogen and oxygen atoms in total. The Morgan fingerprint density at radius 2 is 2.35 bits per heavy atom. The van der Waals surface area contributed by atoms with E-state index in [4.69, 9.17) is 11.1 Å². The maximum atomic E-state index is 7.64. The number of anilines is 1. The normalized spacial score (nSPS) is 19.9. The number of hydrogen-bond acceptors (Lipinski definition) is 3. The quantitative estimate of drug-likeness (QED) is 0.618. The van der Waals surface area contributed by atoms with E-state index >= 15 is 0 Å².